The van der Waals surface area contributed by atoms with E-state index in [1.165, 1.54) is 24.0 Å². The van der Waals surface area contributed by atoms with Crippen molar-refractivity contribution in [1.29, 1.82) is 0 Å². The number of benzene rings is 2. The molecule has 2 aromatic rings. The minimum absolute atomic E-state index is 0.0968. The molecule has 1 saturated heterocycles. The number of ether oxygens (including phenoxy) is 1. The number of nitrogens with zero attached hydrogens (tertiary/aromatic N) is 2. The lowest BCUT2D eigenvalue weighted by Gasteiger charge is -2.32. The van der Waals surface area contributed by atoms with Crippen LogP contribution in [0.15, 0.2) is 59.6 Å². The summed E-state index contributed by atoms with van der Waals surface area (Å²) in [7, 11) is 1.68. The molecule has 27 heavy (non-hydrogen) atoms. The standard InChI is InChI=1S/C23H24N2O2/c1-16(26)17-9-11-18(12-10-17)19-14-20-6-5-13-25(20)23(15-19)24-21-7-3-4-8-22(21)27-2/h3-4,7-12,15,20H,5-6,13-14H2,1-2H3/t20-/m0/s1. The molecule has 0 aliphatic carbocycles. The van der Waals surface area contributed by atoms with Crippen LogP contribution in [0.25, 0.3) is 5.57 Å². The second kappa shape index (κ2) is 7.39. The summed E-state index contributed by atoms with van der Waals surface area (Å²) in [6.07, 6.45) is 5.59. The summed E-state index contributed by atoms with van der Waals surface area (Å²) in [6.45, 7) is 2.65. The molecule has 4 heteroatoms. The molecular weight excluding hydrogens is 336 g/mol. The quantitative estimate of drug-likeness (QED) is 0.730. The van der Waals surface area contributed by atoms with Crippen molar-refractivity contribution < 1.29 is 9.53 Å². The zero-order chi connectivity index (χ0) is 18.8. The highest BCUT2D eigenvalue weighted by molar-refractivity contribution is 6.03. The number of amidine groups is 1. The van der Waals surface area contributed by atoms with Crippen molar-refractivity contribution in [3.63, 3.8) is 0 Å². The average Bonchev–Trinajstić information content (AvgIpc) is 3.17. The van der Waals surface area contributed by atoms with Crippen LogP contribution in [-0.2, 0) is 0 Å². The number of methoxy groups -OCH3 is 1. The molecule has 0 saturated carbocycles. The highest BCUT2D eigenvalue weighted by Gasteiger charge is 2.31. The van der Waals surface area contributed by atoms with Gasteiger partial charge in [0.2, 0.25) is 0 Å². The van der Waals surface area contributed by atoms with Gasteiger partial charge in [-0.15, -0.1) is 0 Å². The number of hydrogen-bond donors (Lipinski definition) is 0. The van der Waals surface area contributed by atoms with Gasteiger partial charge in [-0.25, -0.2) is 4.99 Å². The van der Waals surface area contributed by atoms with Gasteiger partial charge in [0.05, 0.1) is 7.11 Å². The van der Waals surface area contributed by atoms with E-state index in [0.29, 0.717) is 6.04 Å². The molecule has 0 N–H and O–H groups in total. The van der Waals surface area contributed by atoms with Crippen LogP contribution >= 0.6 is 0 Å². The normalized spacial score (nSPS) is 20.4. The minimum Gasteiger partial charge on any atom is -0.494 e. The van der Waals surface area contributed by atoms with Crippen LogP contribution < -0.4 is 4.74 Å². The number of rotatable bonds is 4. The molecule has 1 atom stereocenters. The maximum Gasteiger partial charge on any atom is 0.159 e. The molecule has 2 aliphatic heterocycles. The van der Waals surface area contributed by atoms with Gasteiger partial charge in [0.25, 0.3) is 0 Å². The largest absolute Gasteiger partial charge is 0.494 e. The Kier molecular flexibility index (Phi) is 4.80. The third-order valence-electron chi connectivity index (χ3n) is 5.41. The first-order chi connectivity index (χ1) is 13.2. The third-order valence-corrected chi connectivity index (χ3v) is 5.41. The zero-order valence-electron chi connectivity index (χ0n) is 15.8. The van der Waals surface area contributed by atoms with Gasteiger partial charge in [0.15, 0.2) is 5.78 Å². The van der Waals surface area contributed by atoms with Crippen LogP contribution in [0.5, 0.6) is 5.75 Å². The van der Waals surface area contributed by atoms with Crippen LogP contribution in [0.3, 0.4) is 0 Å². The molecule has 0 amide bonds. The third kappa shape index (κ3) is 3.52. The lowest BCUT2D eigenvalue weighted by molar-refractivity contribution is 0.101. The summed E-state index contributed by atoms with van der Waals surface area (Å²) in [4.78, 5) is 18.9. The van der Waals surface area contributed by atoms with Crippen molar-refractivity contribution in [2.45, 2.75) is 32.2 Å². The van der Waals surface area contributed by atoms with Crippen LogP contribution in [0.4, 0.5) is 5.69 Å². The molecule has 4 rings (SSSR count). The summed E-state index contributed by atoms with van der Waals surface area (Å²) in [5.74, 6) is 1.88. The second-order valence-corrected chi connectivity index (χ2v) is 7.14. The highest BCUT2D eigenvalue weighted by atomic mass is 16.5. The van der Waals surface area contributed by atoms with E-state index in [1.807, 2.05) is 48.5 Å². The molecule has 2 aliphatic rings. The molecular formula is C23H24N2O2. The smallest absolute Gasteiger partial charge is 0.159 e. The van der Waals surface area contributed by atoms with Crippen molar-refractivity contribution in [3.05, 3.63) is 65.7 Å². The second-order valence-electron chi connectivity index (χ2n) is 7.14. The molecule has 2 heterocycles. The van der Waals surface area contributed by atoms with E-state index in [-0.39, 0.29) is 5.78 Å². The van der Waals surface area contributed by atoms with Crippen LogP contribution in [-0.4, -0.2) is 36.2 Å². The number of para-hydroxylation sites is 2. The van der Waals surface area contributed by atoms with Gasteiger partial charge in [-0.05, 0) is 55.5 Å². The molecule has 4 nitrogen and oxygen atoms in total. The topological polar surface area (TPSA) is 41.9 Å². The fourth-order valence-corrected chi connectivity index (χ4v) is 3.96. The van der Waals surface area contributed by atoms with E-state index in [4.69, 9.17) is 9.73 Å². The maximum absolute atomic E-state index is 11.5. The fourth-order valence-electron chi connectivity index (χ4n) is 3.96. The Morgan fingerprint density at radius 2 is 1.93 bits per heavy atom. The van der Waals surface area contributed by atoms with E-state index < -0.39 is 0 Å². The fraction of sp³-hybridized carbons (Fsp3) is 0.304. The first-order valence-corrected chi connectivity index (χ1v) is 9.46. The Bertz CT molecular complexity index is 912. The number of hydrogen-bond acceptors (Lipinski definition) is 3. The van der Waals surface area contributed by atoms with Crippen molar-refractivity contribution in [1.82, 2.24) is 4.90 Å². The minimum atomic E-state index is 0.0968. The number of carbonyl (C=O) groups excluding carboxylic acids is 1. The predicted molar refractivity (Wildman–Crippen MR) is 109 cm³/mol. The van der Waals surface area contributed by atoms with Crippen molar-refractivity contribution >= 4 is 22.9 Å². The Balaban J connectivity index is 1.73. The van der Waals surface area contributed by atoms with Gasteiger partial charge >= 0.3 is 0 Å². The number of ketones is 1. The van der Waals surface area contributed by atoms with E-state index in [1.54, 1.807) is 14.0 Å². The molecule has 0 radical (unpaired) electrons. The molecule has 138 valence electrons. The number of fused-ring (bicyclic) bond motifs is 1. The average molecular weight is 360 g/mol. The molecule has 0 bridgehead atoms. The van der Waals surface area contributed by atoms with Crippen molar-refractivity contribution in [2.75, 3.05) is 13.7 Å². The van der Waals surface area contributed by atoms with Gasteiger partial charge in [0, 0.05) is 18.2 Å². The van der Waals surface area contributed by atoms with Gasteiger partial charge in [0.1, 0.15) is 17.3 Å². The lowest BCUT2D eigenvalue weighted by Crippen LogP contribution is -2.37. The van der Waals surface area contributed by atoms with Crippen molar-refractivity contribution in [3.8, 4) is 5.75 Å². The summed E-state index contributed by atoms with van der Waals surface area (Å²) < 4.78 is 5.47. The van der Waals surface area contributed by atoms with Gasteiger partial charge in [-0.3, -0.25) is 4.79 Å². The van der Waals surface area contributed by atoms with E-state index in [2.05, 4.69) is 11.0 Å². The van der Waals surface area contributed by atoms with Crippen molar-refractivity contribution in [2.24, 2.45) is 4.99 Å². The Hall–Kier alpha value is -2.88. The number of Topliss-reactive ketones (excluding diaryl/α,β-unsaturated/α-hetero) is 1. The van der Waals surface area contributed by atoms with Gasteiger partial charge < -0.3 is 9.64 Å². The first-order valence-electron chi connectivity index (χ1n) is 9.46. The van der Waals surface area contributed by atoms with Crippen LogP contribution in [0.2, 0.25) is 0 Å². The van der Waals surface area contributed by atoms with Gasteiger partial charge in [-0.2, -0.15) is 0 Å². The van der Waals surface area contributed by atoms with Gasteiger partial charge in [-0.1, -0.05) is 36.4 Å². The summed E-state index contributed by atoms with van der Waals surface area (Å²) in [5, 5.41) is 0. The lowest BCUT2D eigenvalue weighted by atomic mass is 9.93. The Morgan fingerprint density at radius 1 is 1.15 bits per heavy atom. The summed E-state index contributed by atoms with van der Waals surface area (Å²) in [6, 6.07) is 16.3. The van der Waals surface area contributed by atoms with Crippen LogP contribution in [0.1, 0.15) is 42.1 Å². The first kappa shape index (κ1) is 17.5. The summed E-state index contributed by atoms with van der Waals surface area (Å²) in [5.41, 5.74) is 4.05. The zero-order valence-corrected chi connectivity index (χ0v) is 15.8. The predicted octanol–water partition coefficient (Wildman–Crippen LogP) is 4.88. The van der Waals surface area contributed by atoms with Crippen LogP contribution in [0, 0.1) is 0 Å². The van der Waals surface area contributed by atoms with E-state index >= 15 is 0 Å². The van der Waals surface area contributed by atoms with E-state index in [0.717, 1.165) is 35.8 Å². The van der Waals surface area contributed by atoms with E-state index in [9.17, 15) is 4.79 Å². The molecule has 1 fully saturated rings. The number of carbonyl (C=O) groups is 1. The molecule has 2 aromatic carbocycles. The summed E-state index contributed by atoms with van der Waals surface area (Å²) >= 11 is 0. The monoisotopic (exact) mass is 360 g/mol. The highest BCUT2D eigenvalue weighted by Crippen LogP contribution is 2.35. The molecule has 0 spiro atoms. The number of aliphatic imine (C=N–C) groups is 1. The Morgan fingerprint density at radius 3 is 2.67 bits per heavy atom. The molecule has 0 unspecified atom stereocenters. The maximum atomic E-state index is 11.5. The SMILES string of the molecule is COc1ccccc1N=C1C=C(c2ccc(C(C)=O)cc2)C[C@@H]2CCCN12. The molecule has 0 aromatic heterocycles. The Labute approximate surface area is 160 Å².